The molecule has 1 N–H and O–H groups in total. The van der Waals surface area contributed by atoms with Crippen molar-refractivity contribution in [3.05, 3.63) is 53.1 Å². The summed E-state index contributed by atoms with van der Waals surface area (Å²) in [5, 5.41) is 0. The number of benzene rings is 1. The van der Waals surface area contributed by atoms with E-state index in [0.29, 0.717) is 0 Å². The molecular formula is C19H27N3. The minimum Gasteiger partial charge on any atom is -0.345 e. The molecule has 3 rings (SSSR count). The van der Waals surface area contributed by atoms with Crippen molar-refractivity contribution >= 4 is 0 Å². The summed E-state index contributed by atoms with van der Waals surface area (Å²) in [5.41, 5.74) is 4.20. The third-order valence-corrected chi connectivity index (χ3v) is 4.84. The van der Waals surface area contributed by atoms with Crippen LogP contribution in [0, 0.1) is 19.8 Å². The maximum atomic E-state index is 4.30. The highest BCUT2D eigenvalue weighted by Gasteiger charge is 2.20. The summed E-state index contributed by atoms with van der Waals surface area (Å²) < 4.78 is 0. The number of likely N-dealkylation sites (tertiary alicyclic amines) is 1. The Morgan fingerprint density at radius 3 is 2.91 bits per heavy atom. The number of rotatable bonds is 5. The first-order chi connectivity index (χ1) is 10.7. The quantitative estimate of drug-likeness (QED) is 0.908. The Balaban J connectivity index is 1.51. The number of piperidine rings is 1. The third kappa shape index (κ3) is 3.98. The lowest BCUT2D eigenvalue weighted by Crippen LogP contribution is -2.35. The van der Waals surface area contributed by atoms with E-state index in [4.69, 9.17) is 0 Å². The molecule has 0 saturated carbocycles. The fraction of sp³-hybridized carbons (Fsp3) is 0.526. The first kappa shape index (κ1) is 15.3. The first-order valence-electron chi connectivity index (χ1n) is 8.48. The fourth-order valence-corrected chi connectivity index (χ4v) is 3.57. The van der Waals surface area contributed by atoms with E-state index in [1.807, 2.05) is 13.1 Å². The molecule has 1 saturated heterocycles. The van der Waals surface area contributed by atoms with Crippen molar-refractivity contribution in [1.82, 2.24) is 14.9 Å². The number of nitrogens with zero attached hydrogens (tertiary/aromatic N) is 2. The zero-order chi connectivity index (χ0) is 15.4. The van der Waals surface area contributed by atoms with Crippen molar-refractivity contribution in [2.45, 2.75) is 46.1 Å². The Labute approximate surface area is 133 Å². The fourth-order valence-electron chi connectivity index (χ4n) is 3.57. The number of nitrogens with one attached hydrogen (secondary N) is 1. The zero-order valence-corrected chi connectivity index (χ0v) is 13.8. The van der Waals surface area contributed by atoms with Gasteiger partial charge in [0.2, 0.25) is 0 Å². The van der Waals surface area contributed by atoms with Crippen LogP contribution in [0.25, 0.3) is 0 Å². The van der Waals surface area contributed by atoms with Gasteiger partial charge in [0.05, 0.1) is 0 Å². The van der Waals surface area contributed by atoms with Gasteiger partial charge in [-0.3, -0.25) is 4.90 Å². The highest BCUT2D eigenvalue weighted by molar-refractivity contribution is 5.25. The number of aryl methyl sites for hydroxylation is 3. The van der Waals surface area contributed by atoms with Gasteiger partial charge < -0.3 is 4.98 Å². The third-order valence-electron chi connectivity index (χ3n) is 4.84. The van der Waals surface area contributed by atoms with E-state index in [-0.39, 0.29) is 0 Å². The molecule has 1 aromatic heterocycles. The molecule has 3 nitrogen and oxygen atoms in total. The molecule has 1 fully saturated rings. The number of imidazole rings is 1. The highest BCUT2D eigenvalue weighted by atomic mass is 15.1. The monoisotopic (exact) mass is 297 g/mol. The molecule has 1 unspecified atom stereocenters. The van der Waals surface area contributed by atoms with Gasteiger partial charge in [0.25, 0.3) is 0 Å². The van der Waals surface area contributed by atoms with Gasteiger partial charge in [-0.15, -0.1) is 0 Å². The van der Waals surface area contributed by atoms with Gasteiger partial charge in [-0.05, 0) is 63.1 Å². The summed E-state index contributed by atoms with van der Waals surface area (Å²) in [5.74, 6) is 1.85. The van der Waals surface area contributed by atoms with E-state index >= 15 is 0 Å². The van der Waals surface area contributed by atoms with E-state index in [0.717, 1.165) is 18.3 Å². The molecular weight excluding hydrogens is 270 g/mol. The van der Waals surface area contributed by atoms with Gasteiger partial charge in [0.15, 0.2) is 0 Å². The van der Waals surface area contributed by atoms with Crippen molar-refractivity contribution in [2.24, 2.45) is 5.92 Å². The van der Waals surface area contributed by atoms with Crippen LogP contribution in [0.5, 0.6) is 0 Å². The van der Waals surface area contributed by atoms with Crippen molar-refractivity contribution in [2.75, 3.05) is 13.1 Å². The van der Waals surface area contributed by atoms with Crippen LogP contribution in [0.15, 0.2) is 30.5 Å². The van der Waals surface area contributed by atoms with Crippen LogP contribution in [-0.2, 0) is 13.0 Å². The van der Waals surface area contributed by atoms with Crippen LogP contribution in [-0.4, -0.2) is 28.0 Å². The predicted molar refractivity (Wildman–Crippen MR) is 90.8 cm³/mol. The molecule has 118 valence electrons. The van der Waals surface area contributed by atoms with E-state index in [1.165, 1.54) is 55.6 Å². The molecule has 2 heterocycles. The second-order valence-corrected chi connectivity index (χ2v) is 6.70. The highest BCUT2D eigenvalue weighted by Crippen LogP contribution is 2.23. The molecule has 0 aliphatic carbocycles. The Bertz CT molecular complexity index is 602. The van der Waals surface area contributed by atoms with E-state index in [1.54, 1.807) is 0 Å². The molecule has 0 amide bonds. The summed E-state index contributed by atoms with van der Waals surface area (Å²) in [4.78, 5) is 10.2. The number of hydrogen-bond donors (Lipinski definition) is 1. The van der Waals surface area contributed by atoms with Crippen LogP contribution < -0.4 is 0 Å². The van der Waals surface area contributed by atoms with Crippen molar-refractivity contribution in [3.63, 3.8) is 0 Å². The largest absolute Gasteiger partial charge is 0.345 e. The average Bonchev–Trinajstić information content (AvgIpc) is 2.92. The Kier molecular flexibility index (Phi) is 4.94. The van der Waals surface area contributed by atoms with E-state index < -0.39 is 0 Å². The lowest BCUT2D eigenvalue weighted by Gasteiger charge is -2.32. The lowest BCUT2D eigenvalue weighted by molar-refractivity contribution is 0.160. The predicted octanol–water partition coefficient (Wildman–Crippen LogP) is 3.87. The second kappa shape index (κ2) is 7.10. The van der Waals surface area contributed by atoms with Crippen molar-refractivity contribution in [3.8, 4) is 0 Å². The summed E-state index contributed by atoms with van der Waals surface area (Å²) >= 11 is 0. The first-order valence-corrected chi connectivity index (χ1v) is 8.48. The maximum Gasteiger partial charge on any atom is 0.103 e. The summed E-state index contributed by atoms with van der Waals surface area (Å²) in [6.07, 6.45) is 7.21. The molecule has 1 aliphatic rings. The topological polar surface area (TPSA) is 31.9 Å². The summed E-state index contributed by atoms with van der Waals surface area (Å²) in [6.45, 7) is 7.71. The van der Waals surface area contributed by atoms with Crippen LogP contribution >= 0.6 is 0 Å². The summed E-state index contributed by atoms with van der Waals surface area (Å²) in [6, 6.07) is 8.80. The van der Waals surface area contributed by atoms with Gasteiger partial charge in [0.1, 0.15) is 5.82 Å². The van der Waals surface area contributed by atoms with Gasteiger partial charge in [-0.2, -0.15) is 0 Å². The molecule has 0 bridgehead atoms. The van der Waals surface area contributed by atoms with Gasteiger partial charge in [0, 0.05) is 25.0 Å². The minimum absolute atomic E-state index is 0.831. The Hall–Kier alpha value is -1.61. The van der Waals surface area contributed by atoms with Crippen molar-refractivity contribution < 1.29 is 0 Å². The molecule has 0 spiro atoms. The molecule has 1 aliphatic heterocycles. The van der Waals surface area contributed by atoms with Crippen LogP contribution in [0.4, 0.5) is 0 Å². The van der Waals surface area contributed by atoms with E-state index in [2.05, 4.69) is 46.1 Å². The van der Waals surface area contributed by atoms with Crippen molar-refractivity contribution in [1.29, 1.82) is 0 Å². The van der Waals surface area contributed by atoms with Gasteiger partial charge >= 0.3 is 0 Å². The molecule has 0 radical (unpaired) electrons. The van der Waals surface area contributed by atoms with E-state index in [9.17, 15) is 0 Å². The SMILES string of the molecule is Cc1ncc(CN2CCCC(CCc3ccccc3C)C2)[nH]1. The number of aromatic amines is 1. The molecule has 22 heavy (non-hydrogen) atoms. The number of hydrogen-bond acceptors (Lipinski definition) is 2. The number of H-pyrrole nitrogens is 1. The zero-order valence-electron chi connectivity index (χ0n) is 13.8. The smallest absolute Gasteiger partial charge is 0.103 e. The van der Waals surface area contributed by atoms with Crippen LogP contribution in [0.1, 0.15) is 41.9 Å². The molecule has 1 atom stereocenters. The number of aromatic nitrogens is 2. The molecule has 2 aromatic rings. The average molecular weight is 297 g/mol. The van der Waals surface area contributed by atoms with Gasteiger partial charge in [-0.1, -0.05) is 24.3 Å². The molecule has 1 aromatic carbocycles. The van der Waals surface area contributed by atoms with Crippen LogP contribution in [0.2, 0.25) is 0 Å². The normalized spacial score (nSPS) is 19.5. The van der Waals surface area contributed by atoms with Crippen LogP contribution in [0.3, 0.4) is 0 Å². The lowest BCUT2D eigenvalue weighted by atomic mass is 9.90. The summed E-state index contributed by atoms with van der Waals surface area (Å²) in [7, 11) is 0. The maximum absolute atomic E-state index is 4.30. The standard InChI is InChI=1S/C19H27N3/c1-15-6-3-4-8-18(15)10-9-17-7-5-11-22(13-17)14-19-12-20-16(2)21-19/h3-4,6,8,12,17H,5,7,9-11,13-14H2,1-2H3,(H,20,21). The van der Waals surface area contributed by atoms with Gasteiger partial charge in [-0.25, -0.2) is 4.98 Å². The molecule has 3 heteroatoms. The second-order valence-electron chi connectivity index (χ2n) is 6.70. The Morgan fingerprint density at radius 1 is 1.27 bits per heavy atom. The Morgan fingerprint density at radius 2 is 2.14 bits per heavy atom. The minimum atomic E-state index is 0.831.